The Morgan fingerprint density at radius 3 is 2.58 bits per heavy atom. The lowest BCUT2D eigenvalue weighted by atomic mass is 10.1. The molecule has 7 nitrogen and oxygen atoms in total. The summed E-state index contributed by atoms with van der Waals surface area (Å²) in [6, 6.07) is 11.0. The average molecular weight is 369 g/mol. The van der Waals surface area contributed by atoms with E-state index < -0.39 is 17.2 Å². The number of carbonyl (C=O) groups excluding carboxylic acids is 2. The summed E-state index contributed by atoms with van der Waals surface area (Å²) in [6.45, 7) is 5.61. The number of hydrogen-bond acceptors (Lipinski definition) is 5. The molecule has 2 aromatic heterocycles. The summed E-state index contributed by atoms with van der Waals surface area (Å²) < 4.78 is 1.76. The molecule has 0 aliphatic carbocycles. The number of urea groups is 1. The Bertz CT molecular complexity index is 984. The number of thioether (sulfide) groups is 1. The van der Waals surface area contributed by atoms with Crippen LogP contribution in [0.25, 0.3) is 16.8 Å². The lowest BCUT2D eigenvalue weighted by Gasteiger charge is -2.09. The van der Waals surface area contributed by atoms with E-state index in [1.807, 2.05) is 50.2 Å². The predicted octanol–water partition coefficient (Wildman–Crippen LogP) is 2.69. The molecule has 3 aromatic rings. The third kappa shape index (κ3) is 3.55. The number of carbonyl (C=O) groups is 2. The number of amides is 3. The fourth-order valence-corrected chi connectivity index (χ4v) is 3.57. The number of benzene rings is 1. The molecule has 0 radical (unpaired) electrons. The zero-order chi connectivity index (χ0) is 18.8. The van der Waals surface area contributed by atoms with Crippen molar-refractivity contribution in [2.24, 2.45) is 5.73 Å². The first kappa shape index (κ1) is 17.9. The van der Waals surface area contributed by atoms with Crippen molar-refractivity contribution >= 4 is 29.2 Å². The molecular weight excluding hydrogens is 350 g/mol. The van der Waals surface area contributed by atoms with Gasteiger partial charge in [0.15, 0.2) is 5.16 Å². The number of hydrogen-bond donors (Lipinski definition) is 2. The monoisotopic (exact) mass is 369 g/mol. The van der Waals surface area contributed by atoms with Gasteiger partial charge in [0.1, 0.15) is 0 Å². The molecule has 0 saturated carbocycles. The van der Waals surface area contributed by atoms with Gasteiger partial charge in [0.2, 0.25) is 5.91 Å². The molecule has 0 spiro atoms. The lowest BCUT2D eigenvalue weighted by molar-refractivity contribution is -0.119. The molecule has 1 atom stereocenters. The summed E-state index contributed by atoms with van der Waals surface area (Å²) in [5.74, 6) is -0.468. The molecule has 3 amide bonds. The van der Waals surface area contributed by atoms with Crippen LogP contribution < -0.4 is 11.1 Å². The van der Waals surface area contributed by atoms with E-state index in [-0.39, 0.29) is 0 Å². The van der Waals surface area contributed by atoms with Crippen LogP contribution in [0.15, 0.2) is 41.6 Å². The van der Waals surface area contributed by atoms with Crippen molar-refractivity contribution in [2.75, 3.05) is 0 Å². The smallest absolute Gasteiger partial charge is 0.318 e. The Hall–Kier alpha value is -2.87. The summed E-state index contributed by atoms with van der Waals surface area (Å²) in [6.07, 6.45) is 0. The summed E-state index contributed by atoms with van der Waals surface area (Å²) >= 11 is 1.23. The van der Waals surface area contributed by atoms with E-state index in [4.69, 9.17) is 10.7 Å². The maximum Gasteiger partial charge on any atom is 0.318 e. The Kier molecular flexibility index (Phi) is 4.94. The van der Waals surface area contributed by atoms with Crippen molar-refractivity contribution in [1.29, 1.82) is 0 Å². The van der Waals surface area contributed by atoms with Crippen molar-refractivity contribution in [2.45, 2.75) is 31.2 Å². The van der Waals surface area contributed by atoms with Crippen molar-refractivity contribution < 1.29 is 9.59 Å². The number of nitrogens with zero attached hydrogens (tertiary/aromatic N) is 3. The lowest BCUT2D eigenvalue weighted by Crippen LogP contribution is -2.39. The van der Waals surface area contributed by atoms with Crippen LogP contribution in [-0.2, 0) is 4.79 Å². The average Bonchev–Trinajstić information content (AvgIpc) is 2.93. The molecule has 3 N–H and O–H groups in total. The number of nitrogens with one attached hydrogen (secondary N) is 1. The Balaban J connectivity index is 2.08. The normalized spacial score (nSPS) is 12.1. The van der Waals surface area contributed by atoms with Crippen molar-refractivity contribution in [3.63, 3.8) is 0 Å². The number of rotatable bonds is 4. The zero-order valence-corrected chi connectivity index (χ0v) is 15.5. The number of imidazole rings is 1. The van der Waals surface area contributed by atoms with Crippen LogP contribution in [0.4, 0.5) is 4.79 Å². The summed E-state index contributed by atoms with van der Waals surface area (Å²) in [7, 11) is 0. The van der Waals surface area contributed by atoms with Crippen LogP contribution in [0.3, 0.4) is 0 Å². The third-order valence-corrected chi connectivity index (χ3v) is 4.87. The largest absolute Gasteiger partial charge is 0.351 e. The van der Waals surface area contributed by atoms with E-state index >= 15 is 0 Å². The molecule has 134 valence electrons. The first-order valence-corrected chi connectivity index (χ1v) is 8.94. The van der Waals surface area contributed by atoms with Crippen molar-refractivity contribution in [3.05, 3.63) is 47.7 Å². The van der Waals surface area contributed by atoms with Crippen molar-refractivity contribution in [1.82, 2.24) is 19.9 Å². The van der Waals surface area contributed by atoms with Gasteiger partial charge in [-0.2, -0.15) is 5.10 Å². The van der Waals surface area contributed by atoms with Crippen LogP contribution >= 0.6 is 11.8 Å². The van der Waals surface area contributed by atoms with Gasteiger partial charge in [0.05, 0.1) is 22.2 Å². The molecule has 3 rings (SSSR count). The van der Waals surface area contributed by atoms with Gasteiger partial charge in [-0.15, -0.1) is 0 Å². The van der Waals surface area contributed by atoms with E-state index in [1.54, 1.807) is 11.4 Å². The molecule has 1 unspecified atom stereocenters. The van der Waals surface area contributed by atoms with Crippen molar-refractivity contribution in [3.8, 4) is 11.3 Å². The Morgan fingerprint density at radius 1 is 1.23 bits per heavy atom. The first-order valence-electron chi connectivity index (χ1n) is 8.06. The Morgan fingerprint density at radius 2 is 1.92 bits per heavy atom. The maximum absolute atomic E-state index is 12.0. The minimum Gasteiger partial charge on any atom is -0.351 e. The molecule has 2 heterocycles. The summed E-state index contributed by atoms with van der Waals surface area (Å²) in [4.78, 5) is 27.6. The second-order valence-corrected chi connectivity index (χ2v) is 7.26. The highest BCUT2D eigenvalue weighted by molar-refractivity contribution is 8.00. The number of nitrogens with two attached hydrogens (primary N) is 1. The van der Waals surface area contributed by atoms with E-state index in [0.29, 0.717) is 5.16 Å². The topological polar surface area (TPSA) is 102 Å². The van der Waals surface area contributed by atoms with Gasteiger partial charge in [0, 0.05) is 5.56 Å². The minimum absolute atomic E-state index is 0.468. The highest BCUT2D eigenvalue weighted by Crippen LogP contribution is 2.32. The van der Waals surface area contributed by atoms with Crippen LogP contribution in [0.2, 0.25) is 0 Å². The molecule has 0 fully saturated rings. The van der Waals surface area contributed by atoms with E-state index in [1.165, 1.54) is 11.8 Å². The molecule has 8 heteroatoms. The van der Waals surface area contributed by atoms with Crippen LogP contribution in [0.1, 0.15) is 18.2 Å². The fourth-order valence-electron chi connectivity index (χ4n) is 2.72. The maximum atomic E-state index is 12.0. The van der Waals surface area contributed by atoms with Crippen LogP contribution in [-0.4, -0.2) is 31.8 Å². The van der Waals surface area contributed by atoms with E-state index in [2.05, 4.69) is 10.4 Å². The second kappa shape index (κ2) is 7.17. The summed E-state index contributed by atoms with van der Waals surface area (Å²) in [5, 5.41) is 6.68. The number of primary amides is 1. The SMILES string of the molecule is Cc1cc(C)c2c(-c3ccccc3)nc(SC(C)C(=O)NC(N)=O)n2n1. The molecule has 0 saturated heterocycles. The van der Waals surface area contributed by atoms with Gasteiger partial charge in [0.25, 0.3) is 0 Å². The van der Waals surface area contributed by atoms with Gasteiger partial charge >= 0.3 is 6.03 Å². The Labute approximate surface area is 155 Å². The van der Waals surface area contributed by atoms with Gasteiger partial charge in [-0.05, 0) is 32.4 Å². The second-order valence-electron chi connectivity index (χ2n) is 5.95. The number of imide groups is 1. The number of aromatic nitrogens is 3. The quantitative estimate of drug-likeness (QED) is 0.688. The predicted molar refractivity (Wildman–Crippen MR) is 101 cm³/mol. The molecule has 0 aliphatic rings. The standard InChI is InChI=1S/C18H19N5O2S/c1-10-9-11(2)22-23-15(10)14(13-7-5-4-6-8-13)20-18(23)26-12(3)16(24)21-17(19)25/h4-9,12H,1-3H3,(H3,19,21,24,25). The van der Waals surface area contributed by atoms with Gasteiger partial charge in [-0.25, -0.2) is 14.3 Å². The first-order chi connectivity index (χ1) is 12.4. The number of aryl methyl sites for hydroxylation is 2. The van der Waals surface area contributed by atoms with Gasteiger partial charge < -0.3 is 5.73 Å². The minimum atomic E-state index is -0.870. The van der Waals surface area contributed by atoms with Crippen LogP contribution in [0, 0.1) is 13.8 Å². The van der Waals surface area contributed by atoms with Gasteiger partial charge in [-0.3, -0.25) is 10.1 Å². The molecule has 26 heavy (non-hydrogen) atoms. The number of fused-ring (bicyclic) bond motifs is 1. The fraction of sp³-hybridized carbons (Fsp3) is 0.222. The summed E-state index contributed by atoms with van der Waals surface area (Å²) in [5.41, 5.74) is 9.59. The highest BCUT2D eigenvalue weighted by Gasteiger charge is 2.22. The van der Waals surface area contributed by atoms with E-state index in [0.717, 1.165) is 28.0 Å². The molecule has 0 bridgehead atoms. The third-order valence-electron chi connectivity index (χ3n) is 3.83. The van der Waals surface area contributed by atoms with Crippen LogP contribution in [0.5, 0.6) is 0 Å². The highest BCUT2D eigenvalue weighted by atomic mass is 32.2. The van der Waals surface area contributed by atoms with Gasteiger partial charge in [-0.1, -0.05) is 42.1 Å². The molecule has 1 aromatic carbocycles. The molecular formula is C18H19N5O2S. The van der Waals surface area contributed by atoms with E-state index in [9.17, 15) is 9.59 Å². The molecule has 0 aliphatic heterocycles. The zero-order valence-electron chi connectivity index (χ0n) is 14.7.